The average molecular weight is 483 g/mol. The first-order valence-electron chi connectivity index (χ1n) is 14.0. The van der Waals surface area contributed by atoms with Gasteiger partial charge in [-0.1, -0.05) is 127 Å². The van der Waals surface area contributed by atoms with Crippen LogP contribution in [0.25, 0.3) is 5.57 Å². The standard InChI is InChI=1S/C33H55P/c1-14-17-26-19-20-28(27(22-26)18-15-2)29-30(34(31(7,8)9)32(10,11)12)24(5)23(4)25(6)33(29,13)21-16-3/h19-20,22,25H,14-18,21H2,1-13H3. The summed E-state index contributed by atoms with van der Waals surface area (Å²) in [5.41, 5.74) is 9.73. The Labute approximate surface area is 214 Å². The van der Waals surface area contributed by atoms with Gasteiger partial charge in [0.25, 0.3) is 0 Å². The first-order valence-corrected chi connectivity index (χ1v) is 15.3. The minimum absolute atomic E-state index is 0.166. The molecule has 0 radical (unpaired) electrons. The minimum Gasteiger partial charge on any atom is -0.0660 e. The van der Waals surface area contributed by atoms with Crippen LogP contribution in [0.1, 0.15) is 132 Å². The van der Waals surface area contributed by atoms with Gasteiger partial charge in [0.2, 0.25) is 0 Å². The third kappa shape index (κ3) is 5.75. The number of aryl methyl sites for hydroxylation is 2. The zero-order valence-corrected chi connectivity index (χ0v) is 25.9. The largest absolute Gasteiger partial charge is 0.0660 e. The SMILES string of the molecule is CCCc1ccc(C2=C(P(C(C)(C)C)C(C)(C)C)C(C)=C(C)C(C)C2(C)CCC)c(CCC)c1. The van der Waals surface area contributed by atoms with Gasteiger partial charge in [-0.05, 0) is 87.9 Å². The molecule has 0 N–H and O–H groups in total. The summed E-state index contributed by atoms with van der Waals surface area (Å²) in [6.07, 6.45) is 7.24. The lowest BCUT2D eigenvalue weighted by Gasteiger charge is -2.51. The van der Waals surface area contributed by atoms with E-state index in [1.165, 1.54) is 44.1 Å². The van der Waals surface area contributed by atoms with Crippen LogP contribution in [0.5, 0.6) is 0 Å². The number of benzene rings is 1. The summed E-state index contributed by atoms with van der Waals surface area (Å²) in [7, 11) is -0.392. The van der Waals surface area contributed by atoms with Crippen molar-refractivity contribution in [3.8, 4) is 0 Å². The Hall–Kier alpha value is -0.870. The zero-order chi connectivity index (χ0) is 26.1. The van der Waals surface area contributed by atoms with Crippen LogP contribution in [0.15, 0.2) is 34.7 Å². The van der Waals surface area contributed by atoms with Crippen LogP contribution < -0.4 is 0 Å². The lowest BCUT2D eigenvalue weighted by atomic mass is 9.61. The highest BCUT2D eigenvalue weighted by atomic mass is 31.1. The lowest BCUT2D eigenvalue weighted by molar-refractivity contribution is 0.296. The van der Waals surface area contributed by atoms with E-state index in [4.69, 9.17) is 0 Å². The molecule has 0 aliphatic heterocycles. The molecular weight excluding hydrogens is 427 g/mol. The van der Waals surface area contributed by atoms with Crippen LogP contribution in [0.2, 0.25) is 0 Å². The van der Waals surface area contributed by atoms with E-state index in [0.717, 1.165) is 0 Å². The Kier molecular flexibility index (Phi) is 9.53. The Bertz CT molecular complexity index is 901. The predicted octanol–water partition coefficient (Wildman–Crippen LogP) is 11.2. The summed E-state index contributed by atoms with van der Waals surface area (Å²) in [5.74, 6) is 0.563. The van der Waals surface area contributed by atoms with Crippen LogP contribution in [-0.2, 0) is 12.8 Å². The van der Waals surface area contributed by atoms with E-state index in [1.54, 1.807) is 33.2 Å². The van der Waals surface area contributed by atoms with Gasteiger partial charge in [-0.2, -0.15) is 0 Å². The molecular formula is C33H55P. The van der Waals surface area contributed by atoms with E-state index in [2.05, 4.69) is 108 Å². The number of rotatable bonds is 8. The van der Waals surface area contributed by atoms with Crippen molar-refractivity contribution in [1.29, 1.82) is 0 Å². The van der Waals surface area contributed by atoms with E-state index in [9.17, 15) is 0 Å². The van der Waals surface area contributed by atoms with Crippen molar-refractivity contribution in [1.82, 2.24) is 0 Å². The second-order valence-corrected chi connectivity index (χ2v) is 16.9. The van der Waals surface area contributed by atoms with Gasteiger partial charge in [0.15, 0.2) is 0 Å². The summed E-state index contributed by atoms with van der Waals surface area (Å²) in [4.78, 5) is 0. The van der Waals surface area contributed by atoms with Gasteiger partial charge in [-0.3, -0.25) is 0 Å². The van der Waals surface area contributed by atoms with E-state index in [-0.39, 0.29) is 15.7 Å². The smallest absolute Gasteiger partial charge is 0.00000752 e. The fourth-order valence-corrected chi connectivity index (χ4v) is 11.2. The molecule has 2 atom stereocenters. The Balaban J connectivity index is 3.10. The fourth-order valence-electron chi connectivity index (χ4n) is 6.73. The van der Waals surface area contributed by atoms with Crippen molar-refractivity contribution < 1.29 is 0 Å². The molecule has 0 nitrogen and oxygen atoms in total. The monoisotopic (exact) mass is 482 g/mol. The van der Waals surface area contributed by atoms with Crippen molar-refractivity contribution in [2.45, 2.75) is 139 Å². The van der Waals surface area contributed by atoms with Crippen molar-refractivity contribution >= 4 is 13.5 Å². The molecule has 0 spiro atoms. The molecule has 0 fully saturated rings. The van der Waals surface area contributed by atoms with Crippen molar-refractivity contribution in [3.63, 3.8) is 0 Å². The van der Waals surface area contributed by atoms with Gasteiger partial charge < -0.3 is 0 Å². The highest BCUT2D eigenvalue weighted by Crippen LogP contribution is 2.72. The maximum absolute atomic E-state index is 2.60. The molecule has 1 aromatic rings. The summed E-state index contributed by atoms with van der Waals surface area (Å²) < 4.78 is 0. The number of allylic oxidation sites excluding steroid dienone is 4. The summed E-state index contributed by atoms with van der Waals surface area (Å²) in [6, 6.07) is 7.52. The number of hydrogen-bond donors (Lipinski definition) is 0. The fraction of sp³-hybridized carbons (Fsp3) is 0.697. The van der Waals surface area contributed by atoms with Gasteiger partial charge in [-0.25, -0.2) is 0 Å². The third-order valence-corrected chi connectivity index (χ3v) is 11.9. The summed E-state index contributed by atoms with van der Waals surface area (Å²) >= 11 is 0. The Morgan fingerprint density at radius 3 is 1.88 bits per heavy atom. The second-order valence-electron chi connectivity index (χ2n) is 13.1. The molecule has 1 aliphatic carbocycles. The van der Waals surface area contributed by atoms with Gasteiger partial charge >= 0.3 is 0 Å². The molecule has 34 heavy (non-hydrogen) atoms. The van der Waals surface area contributed by atoms with E-state index in [1.807, 2.05) is 0 Å². The Morgan fingerprint density at radius 2 is 1.41 bits per heavy atom. The van der Waals surface area contributed by atoms with Gasteiger partial charge in [0.1, 0.15) is 0 Å². The lowest BCUT2D eigenvalue weighted by Crippen LogP contribution is -2.35. The zero-order valence-electron chi connectivity index (χ0n) is 25.0. The quantitative estimate of drug-likeness (QED) is 0.323. The molecule has 1 aliphatic rings. The minimum atomic E-state index is -0.392. The molecule has 0 saturated heterocycles. The first kappa shape index (κ1) is 29.4. The highest BCUT2D eigenvalue weighted by Gasteiger charge is 2.47. The topological polar surface area (TPSA) is 0 Å². The molecule has 0 saturated carbocycles. The first-order chi connectivity index (χ1) is 15.6. The molecule has 192 valence electrons. The van der Waals surface area contributed by atoms with Crippen LogP contribution in [0.4, 0.5) is 0 Å². The van der Waals surface area contributed by atoms with Gasteiger partial charge in [-0.15, -0.1) is 0 Å². The predicted molar refractivity (Wildman–Crippen MR) is 158 cm³/mol. The van der Waals surface area contributed by atoms with E-state index < -0.39 is 7.92 Å². The molecule has 0 amide bonds. The molecule has 1 heteroatoms. The van der Waals surface area contributed by atoms with Crippen molar-refractivity contribution in [2.24, 2.45) is 11.3 Å². The molecule has 0 aromatic heterocycles. The van der Waals surface area contributed by atoms with Crippen molar-refractivity contribution in [3.05, 3.63) is 51.3 Å². The Morgan fingerprint density at radius 1 is 0.853 bits per heavy atom. The molecule has 1 aromatic carbocycles. The number of hydrogen-bond acceptors (Lipinski definition) is 0. The molecule has 2 unspecified atom stereocenters. The summed E-state index contributed by atoms with van der Waals surface area (Å²) in [5, 5.41) is 2.22. The maximum Gasteiger partial charge on any atom is -0.00000752 e. The van der Waals surface area contributed by atoms with Crippen molar-refractivity contribution in [2.75, 3.05) is 0 Å². The normalized spacial score (nSPS) is 22.2. The molecule has 0 bridgehead atoms. The highest BCUT2D eigenvalue weighted by molar-refractivity contribution is 7.65. The van der Waals surface area contributed by atoms with Gasteiger partial charge in [0, 0.05) is 0 Å². The van der Waals surface area contributed by atoms with Crippen LogP contribution in [-0.4, -0.2) is 10.3 Å². The van der Waals surface area contributed by atoms with Gasteiger partial charge in [0.05, 0.1) is 0 Å². The van der Waals surface area contributed by atoms with E-state index >= 15 is 0 Å². The van der Waals surface area contributed by atoms with E-state index in [0.29, 0.717) is 5.92 Å². The third-order valence-electron chi connectivity index (χ3n) is 8.19. The maximum atomic E-state index is 2.60. The summed E-state index contributed by atoms with van der Waals surface area (Å²) in [6.45, 7) is 31.9. The second kappa shape index (κ2) is 11.0. The molecule has 2 rings (SSSR count). The molecule has 0 heterocycles. The van der Waals surface area contributed by atoms with Crippen LogP contribution >= 0.6 is 7.92 Å². The average Bonchev–Trinajstić information content (AvgIpc) is 2.70. The van der Waals surface area contributed by atoms with Crippen LogP contribution in [0, 0.1) is 11.3 Å². The van der Waals surface area contributed by atoms with Crippen LogP contribution in [0.3, 0.4) is 0 Å².